The first-order valence-corrected chi connectivity index (χ1v) is 7.71. The first-order valence-electron chi connectivity index (χ1n) is 7.71. The number of hydrogen-bond acceptors (Lipinski definition) is 3. The first kappa shape index (κ1) is 14.8. The van der Waals surface area contributed by atoms with Gasteiger partial charge in [-0.2, -0.15) is 0 Å². The summed E-state index contributed by atoms with van der Waals surface area (Å²) in [4.78, 5) is 25.4. The van der Waals surface area contributed by atoms with Gasteiger partial charge in [-0.05, 0) is 37.1 Å². The zero-order valence-corrected chi connectivity index (χ0v) is 12.5. The molecule has 3 rings (SSSR count). The number of hydrogen-bond donors (Lipinski definition) is 2. The van der Waals surface area contributed by atoms with Crippen molar-refractivity contribution in [2.45, 2.75) is 18.9 Å². The molecular formula is C17H21N3O2. The number of rotatable bonds is 4. The van der Waals surface area contributed by atoms with Crippen LogP contribution in [0, 0.1) is 5.92 Å². The van der Waals surface area contributed by atoms with Gasteiger partial charge in [0.25, 0.3) is 0 Å². The van der Waals surface area contributed by atoms with E-state index in [9.17, 15) is 9.59 Å². The summed E-state index contributed by atoms with van der Waals surface area (Å²) < 4.78 is 0. The van der Waals surface area contributed by atoms with Crippen LogP contribution in [0.2, 0.25) is 0 Å². The molecule has 5 heteroatoms. The zero-order chi connectivity index (χ0) is 15.5. The van der Waals surface area contributed by atoms with Gasteiger partial charge in [0.05, 0.1) is 12.6 Å². The summed E-state index contributed by atoms with van der Waals surface area (Å²) in [5, 5.41) is 3.06. The van der Waals surface area contributed by atoms with Crippen molar-refractivity contribution in [3.63, 3.8) is 0 Å². The third-order valence-corrected chi connectivity index (χ3v) is 4.47. The summed E-state index contributed by atoms with van der Waals surface area (Å²) in [6.45, 7) is 1.87. The second kappa shape index (κ2) is 6.32. The van der Waals surface area contributed by atoms with Crippen LogP contribution >= 0.6 is 0 Å². The van der Waals surface area contributed by atoms with Crippen molar-refractivity contribution in [1.29, 1.82) is 0 Å². The lowest BCUT2D eigenvalue weighted by Crippen LogP contribution is -2.44. The molecule has 1 fully saturated rings. The Labute approximate surface area is 130 Å². The van der Waals surface area contributed by atoms with Crippen LogP contribution in [0.3, 0.4) is 0 Å². The molecule has 5 nitrogen and oxygen atoms in total. The van der Waals surface area contributed by atoms with Crippen LogP contribution in [-0.4, -0.2) is 36.3 Å². The molecule has 0 radical (unpaired) electrons. The summed E-state index contributed by atoms with van der Waals surface area (Å²) in [6.07, 6.45) is 5.55. The molecule has 1 aliphatic carbocycles. The fourth-order valence-electron chi connectivity index (χ4n) is 3.17. The maximum atomic E-state index is 12.2. The van der Waals surface area contributed by atoms with Gasteiger partial charge < -0.3 is 11.1 Å². The molecule has 1 aromatic carbocycles. The molecule has 3 N–H and O–H groups in total. The number of fused-ring (bicyclic) bond motifs is 1. The summed E-state index contributed by atoms with van der Waals surface area (Å²) in [7, 11) is 0. The number of amides is 2. The van der Waals surface area contributed by atoms with Crippen LogP contribution in [0.4, 0.5) is 0 Å². The minimum absolute atomic E-state index is 0.0175. The van der Waals surface area contributed by atoms with Crippen molar-refractivity contribution in [2.75, 3.05) is 19.6 Å². The Hall–Kier alpha value is -2.14. The number of carbonyl (C=O) groups is 2. The Morgan fingerprint density at radius 1 is 1.23 bits per heavy atom. The van der Waals surface area contributed by atoms with E-state index in [1.807, 2.05) is 36.4 Å². The van der Waals surface area contributed by atoms with Gasteiger partial charge in [0.1, 0.15) is 0 Å². The molecule has 0 aromatic heterocycles. The average molecular weight is 299 g/mol. The van der Waals surface area contributed by atoms with Crippen LogP contribution < -0.4 is 11.1 Å². The predicted octanol–water partition coefficient (Wildman–Crippen LogP) is 1.07. The first-order chi connectivity index (χ1) is 10.6. The maximum Gasteiger partial charge on any atom is 0.234 e. The Morgan fingerprint density at radius 2 is 1.95 bits per heavy atom. The molecule has 1 aliphatic heterocycles. The van der Waals surface area contributed by atoms with Gasteiger partial charge in [-0.3, -0.25) is 14.5 Å². The Bertz CT molecular complexity index is 604. The van der Waals surface area contributed by atoms with Crippen molar-refractivity contribution in [3.8, 4) is 0 Å². The normalized spacial score (nSPS) is 21.5. The van der Waals surface area contributed by atoms with Gasteiger partial charge in [0.2, 0.25) is 11.8 Å². The average Bonchev–Trinajstić information content (AvgIpc) is 2.91. The standard InChI is InChI=1S/C17H21N3O2/c18-17(22)13-7-9-20(10-8-13)11-16(21)19-15-6-5-12-3-1-2-4-14(12)15/h1-6,13,15H,7-11H2,(H2,18,22)(H,19,21). The molecule has 1 saturated heterocycles. The third kappa shape index (κ3) is 3.20. The molecular weight excluding hydrogens is 278 g/mol. The molecule has 1 atom stereocenters. The van der Waals surface area contributed by atoms with Crippen LogP contribution in [0.5, 0.6) is 0 Å². The molecule has 1 unspecified atom stereocenters. The topological polar surface area (TPSA) is 75.4 Å². The number of carbonyl (C=O) groups excluding carboxylic acids is 2. The molecule has 2 amide bonds. The Balaban J connectivity index is 1.50. The van der Waals surface area contributed by atoms with Crippen molar-refractivity contribution < 1.29 is 9.59 Å². The summed E-state index contributed by atoms with van der Waals surface area (Å²) in [6, 6.07) is 8.04. The van der Waals surface area contributed by atoms with E-state index >= 15 is 0 Å². The molecule has 0 bridgehead atoms. The Kier molecular flexibility index (Phi) is 4.24. The largest absolute Gasteiger partial charge is 0.369 e. The van der Waals surface area contributed by atoms with E-state index in [1.165, 1.54) is 0 Å². The zero-order valence-electron chi connectivity index (χ0n) is 12.5. The number of piperidine rings is 1. The number of likely N-dealkylation sites (tertiary alicyclic amines) is 1. The van der Waals surface area contributed by atoms with E-state index in [1.54, 1.807) is 0 Å². The van der Waals surface area contributed by atoms with E-state index in [0.29, 0.717) is 6.54 Å². The van der Waals surface area contributed by atoms with Crippen LogP contribution in [-0.2, 0) is 9.59 Å². The maximum absolute atomic E-state index is 12.2. The lowest BCUT2D eigenvalue weighted by atomic mass is 9.96. The number of nitrogens with one attached hydrogen (secondary N) is 1. The molecule has 1 aromatic rings. The van der Waals surface area contributed by atoms with Gasteiger partial charge in [0, 0.05) is 5.92 Å². The van der Waals surface area contributed by atoms with Gasteiger partial charge >= 0.3 is 0 Å². The minimum Gasteiger partial charge on any atom is -0.369 e. The van der Waals surface area contributed by atoms with E-state index in [2.05, 4.69) is 10.2 Å². The number of nitrogens with two attached hydrogens (primary N) is 1. The van der Waals surface area contributed by atoms with Crippen LogP contribution in [0.25, 0.3) is 6.08 Å². The van der Waals surface area contributed by atoms with E-state index in [4.69, 9.17) is 5.73 Å². The number of primary amides is 1. The Morgan fingerprint density at radius 3 is 2.68 bits per heavy atom. The van der Waals surface area contributed by atoms with Crippen LogP contribution in [0.1, 0.15) is 30.0 Å². The molecule has 22 heavy (non-hydrogen) atoms. The predicted molar refractivity (Wildman–Crippen MR) is 84.7 cm³/mol. The van der Waals surface area contributed by atoms with Gasteiger partial charge in [0.15, 0.2) is 0 Å². The second-order valence-corrected chi connectivity index (χ2v) is 5.99. The quantitative estimate of drug-likeness (QED) is 0.873. The summed E-state index contributed by atoms with van der Waals surface area (Å²) in [5.41, 5.74) is 7.63. The fraction of sp³-hybridized carbons (Fsp3) is 0.412. The van der Waals surface area contributed by atoms with Crippen molar-refractivity contribution in [2.24, 2.45) is 11.7 Å². The van der Waals surface area contributed by atoms with E-state index < -0.39 is 0 Å². The highest BCUT2D eigenvalue weighted by molar-refractivity contribution is 5.80. The molecule has 2 aliphatic rings. The second-order valence-electron chi connectivity index (χ2n) is 5.99. The van der Waals surface area contributed by atoms with Crippen molar-refractivity contribution in [3.05, 3.63) is 41.5 Å². The summed E-state index contributed by atoms with van der Waals surface area (Å²) >= 11 is 0. The van der Waals surface area contributed by atoms with Crippen LogP contribution in [0.15, 0.2) is 30.3 Å². The van der Waals surface area contributed by atoms with Gasteiger partial charge in [-0.1, -0.05) is 36.4 Å². The number of benzene rings is 1. The lowest BCUT2D eigenvalue weighted by Gasteiger charge is -2.30. The highest BCUT2D eigenvalue weighted by atomic mass is 16.2. The van der Waals surface area contributed by atoms with E-state index in [0.717, 1.165) is 37.1 Å². The third-order valence-electron chi connectivity index (χ3n) is 4.47. The molecule has 0 spiro atoms. The van der Waals surface area contributed by atoms with Crippen molar-refractivity contribution >= 4 is 17.9 Å². The molecule has 0 saturated carbocycles. The lowest BCUT2D eigenvalue weighted by molar-refractivity contribution is -0.124. The smallest absolute Gasteiger partial charge is 0.234 e. The monoisotopic (exact) mass is 299 g/mol. The van der Waals surface area contributed by atoms with E-state index in [-0.39, 0.29) is 23.8 Å². The molecule has 116 valence electrons. The minimum atomic E-state index is -0.225. The summed E-state index contributed by atoms with van der Waals surface area (Å²) in [5.74, 6) is -0.246. The highest BCUT2D eigenvalue weighted by Crippen LogP contribution is 2.27. The fourth-order valence-corrected chi connectivity index (χ4v) is 3.17. The highest BCUT2D eigenvalue weighted by Gasteiger charge is 2.25. The number of nitrogens with zero attached hydrogens (tertiary/aromatic N) is 1. The van der Waals surface area contributed by atoms with Gasteiger partial charge in [-0.15, -0.1) is 0 Å². The SMILES string of the molecule is NC(=O)C1CCN(CC(=O)NC2C=Cc3ccccc32)CC1. The molecule has 1 heterocycles. The van der Waals surface area contributed by atoms with Gasteiger partial charge in [-0.25, -0.2) is 0 Å². The van der Waals surface area contributed by atoms with Crippen molar-refractivity contribution in [1.82, 2.24) is 10.2 Å².